The number of aromatic amines is 1. The van der Waals surface area contributed by atoms with Gasteiger partial charge in [-0.25, -0.2) is 4.98 Å². The summed E-state index contributed by atoms with van der Waals surface area (Å²) in [4.78, 5) is 18.5. The van der Waals surface area contributed by atoms with Crippen LogP contribution in [0.5, 0.6) is 5.75 Å². The van der Waals surface area contributed by atoms with E-state index in [1.165, 1.54) is 6.07 Å². The Labute approximate surface area is 122 Å². The molecule has 1 aromatic heterocycles. The summed E-state index contributed by atoms with van der Waals surface area (Å²) >= 11 is 0. The van der Waals surface area contributed by atoms with E-state index in [0.29, 0.717) is 24.7 Å². The molecule has 0 aliphatic carbocycles. The van der Waals surface area contributed by atoms with Crippen LogP contribution in [-0.2, 0) is 22.7 Å². The van der Waals surface area contributed by atoms with E-state index in [-0.39, 0.29) is 18.8 Å². The topological polar surface area (TPSA) is 73.4 Å². The molecule has 112 valence electrons. The highest BCUT2D eigenvalue weighted by Gasteiger charge is 2.03. The quantitative estimate of drug-likeness (QED) is 0.746. The lowest BCUT2D eigenvalue weighted by Gasteiger charge is -2.07. The zero-order valence-corrected chi connectivity index (χ0v) is 11.9. The van der Waals surface area contributed by atoms with Gasteiger partial charge in [-0.15, -0.1) is 0 Å². The molecule has 6 heteroatoms. The van der Waals surface area contributed by atoms with Crippen molar-refractivity contribution in [3.05, 3.63) is 58.3 Å². The van der Waals surface area contributed by atoms with E-state index < -0.39 is 0 Å². The van der Waals surface area contributed by atoms with E-state index in [9.17, 15) is 4.79 Å². The van der Waals surface area contributed by atoms with Crippen molar-refractivity contribution in [2.24, 2.45) is 0 Å². The second-order valence-corrected chi connectivity index (χ2v) is 4.33. The Morgan fingerprint density at radius 1 is 1.14 bits per heavy atom. The van der Waals surface area contributed by atoms with Crippen LogP contribution in [0, 0.1) is 0 Å². The third-order valence-electron chi connectivity index (χ3n) is 2.64. The molecule has 0 bridgehead atoms. The first-order chi connectivity index (χ1) is 10.3. The Kier molecular flexibility index (Phi) is 5.93. The van der Waals surface area contributed by atoms with E-state index in [0.717, 1.165) is 5.75 Å². The first-order valence-corrected chi connectivity index (χ1v) is 6.61. The van der Waals surface area contributed by atoms with Gasteiger partial charge in [-0.3, -0.25) is 4.79 Å². The monoisotopic (exact) mass is 290 g/mol. The lowest BCUT2D eigenvalue weighted by Crippen LogP contribution is -2.15. The van der Waals surface area contributed by atoms with E-state index in [4.69, 9.17) is 14.2 Å². The number of nitrogens with one attached hydrogen (secondary N) is 1. The van der Waals surface area contributed by atoms with E-state index >= 15 is 0 Å². The molecule has 1 N–H and O–H groups in total. The summed E-state index contributed by atoms with van der Waals surface area (Å²) in [6.07, 6.45) is 0. The van der Waals surface area contributed by atoms with Crippen molar-refractivity contribution < 1.29 is 14.2 Å². The van der Waals surface area contributed by atoms with Crippen molar-refractivity contribution in [3.63, 3.8) is 0 Å². The van der Waals surface area contributed by atoms with E-state index in [2.05, 4.69) is 9.97 Å². The summed E-state index contributed by atoms with van der Waals surface area (Å²) in [7, 11) is 1.61. The van der Waals surface area contributed by atoms with Crippen LogP contribution in [0.15, 0.2) is 41.2 Å². The minimum atomic E-state index is -0.220. The molecule has 6 nitrogen and oxygen atoms in total. The Balaban J connectivity index is 1.93. The van der Waals surface area contributed by atoms with Gasteiger partial charge in [0, 0.05) is 13.2 Å². The maximum atomic E-state index is 11.6. The number of para-hydroxylation sites is 1. The number of hydrogen-bond donors (Lipinski definition) is 1. The number of methoxy groups -OCH3 is 1. The molecule has 1 aromatic carbocycles. The van der Waals surface area contributed by atoms with Gasteiger partial charge in [0.1, 0.15) is 18.2 Å². The van der Waals surface area contributed by atoms with E-state index in [1.807, 2.05) is 30.3 Å². The van der Waals surface area contributed by atoms with Gasteiger partial charge < -0.3 is 19.2 Å². The first kappa shape index (κ1) is 15.2. The second kappa shape index (κ2) is 8.18. The molecule has 21 heavy (non-hydrogen) atoms. The van der Waals surface area contributed by atoms with Gasteiger partial charge in [-0.2, -0.15) is 0 Å². The maximum absolute atomic E-state index is 11.6. The third-order valence-corrected chi connectivity index (χ3v) is 2.64. The molecule has 0 amide bonds. The van der Waals surface area contributed by atoms with Crippen molar-refractivity contribution in [2.75, 3.05) is 20.3 Å². The molecule has 0 aliphatic rings. The Bertz CT molecular complexity index is 598. The van der Waals surface area contributed by atoms with Gasteiger partial charge in [0.2, 0.25) is 0 Å². The fraction of sp³-hybridized carbons (Fsp3) is 0.333. The highest BCUT2D eigenvalue weighted by molar-refractivity contribution is 5.21. The molecular weight excluding hydrogens is 272 g/mol. The standard InChI is InChI=1S/C15H18N2O4/c1-19-7-8-20-10-12-9-15(18)17-14(16-12)11-21-13-5-3-2-4-6-13/h2-6,9H,7-8,10-11H2,1H3,(H,16,17,18). The maximum Gasteiger partial charge on any atom is 0.251 e. The molecule has 0 aliphatic heterocycles. The molecule has 0 spiro atoms. The van der Waals surface area contributed by atoms with Crippen LogP contribution in [0.4, 0.5) is 0 Å². The number of rotatable bonds is 8. The molecule has 2 aromatic rings. The lowest BCUT2D eigenvalue weighted by atomic mass is 10.3. The summed E-state index contributed by atoms with van der Waals surface area (Å²) in [6.45, 7) is 1.44. The van der Waals surface area contributed by atoms with Crippen LogP contribution in [0.1, 0.15) is 11.5 Å². The van der Waals surface area contributed by atoms with Gasteiger partial charge in [-0.05, 0) is 12.1 Å². The summed E-state index contributed by atoms with van der Waals surface area (Å²) < 4.78 is 15.8. The number of H-pyrrole nitrogens is 1. The fourth-order valence-corrected chi connectivity index (χ4v) is 1.69. The lowest BCUT2D eigenvalue weighted by molar-refractivity contribution is 0.0599. The number of benzene rings is 1. The highest BCUT2D eigenvalue weighted by Crippen LogP contribution is 2.09. The summed E-state index contributed by atoms with van der Waals surface area (Å²) in [5.41, 5.74) is 0.350. The van der Waals surface area contributed by atoms with Crippen molar-refractivity contribution in [2.45, 2.75) is 13.2 Å². The molecule has 0 fully saturated rings. The second-order valence-electron chi connectivity index (χ2n) is 4.33. The number of hydrogen-bond acceptors (Lipinski definition) is 5. The predicted molar refractivity (Wildman–Crippen MR) is 77.2 cm³/mol. The third kappa shape index (κ3) is 5.37. The van der Waals surface area contributed by atoms with Crippen molar-refractivity contribution in [3.8, 4) is 5.75 Å². The molecular formula is C15H18N2O4. The van der Waals surface area contributed by atoms with Gasteiger partial charge in [-0.1, -0.05) is 18.2 Å². The molecule has 0 atom stereocenters. The first-order valence-electron chi connectivity index (χ1n) is 6.61. The largest absolute Gasteiger partial charge is 0.486 e. The molecule has 0 unspecified atom stereocenters. The van der Waals surface area contributed by atoms with Crippen molar-refractivity contribution >= 4 is 0 Å². The number of nitrogens with zero attached hydrogens (tertiary/aromatic N) is 1. The molecule has 0 radical (unpaired) electrons. The van der Waals surface area contributed by atoms with Gasteiger partial charge >= 0.3 is 0 Å². The SMILES string of the molecule is COCCOCc1cc(=O)[nH]c(COc2ccccc2)n1. The highest BCUT2D eigenvalue weighted by atomic mass is 16.5. The van der Waals surface area contributed by atoms with Gasteiger partial charge in [0.25, 0.3) is 5.56 Å². The molecule has 1 heterocycles. The Hall–Kier alpha value is -2.18. The van der Waals surface area contributed by atoms with Gasteiger partial charge in [0.05, 0.1) is 25.5 Å². The van der Waals surface area contributed by atoms with Crippen molar-refractivity contribution in [1.82, 2.24) is 9.97 Å². The normalized spacial score (nSPS) is 10.5. The Morgan fingerprint density at radius 2 is 1.95 bits per heavy atom. The molecule has 0 saturated carbocycles. The van der Waals surface area contributed by atoms with Crippen LogP contribution in [0.2, 0.25) is 0 Å². The fourth-order valence-electron chi connectivity index (χ4n) is 1.69. The zero-order valence-electron chi connectivity index (χ0n) is 11.9. The minimum absolute atomic E-state index is 0.200. The number of aromatic nitrogens is 2. The smallest absolute Gasteiger partial charge is 0.251 e. The predicted octanol–water partition coefficient (Wildman–Crippen LogP) is 1.51. The average Bonchev–Trinajstić information content (AvgIpc) is 2.50. The van der Waals surface area contributed by atoms with Crippen molar-refractivity contribution in [1.29, 1.82) is 0 Å². The Morgan fingerprint density at radius 3 is 2.71 bits per heavy atom. The van der Waals surface area contributed by atoms with Crippen LogP contribution in [-0.4, -0.2) is 30.3 Å². The molecule has 2 rings (SSSR count). The minimum Gasteiger partial charge on any atom is -0.486 e. The number of ether oxygens (including phenoxy) is 3. The van der Waals surface area contributed by atoms with Gasteiger partial charge in [0.15, 0.2) is 0 Å². The average molecular weight is 290 g/mol. The molecule has 0 saturated heterocycles. The van der Waals surface area contributed by atoms with E-state index in [1.54, 1.807) is 7.11 Å². The van der Waals surface area contributed by atoms with Crippen LogP contribution in [0.3, 0.4) is 0 Å². The zero-order chi connectivity index (χ0) is 14.9. The van der Waals surface area contributed by atoms with Crippen LogP contribution in [0.25, 0.3) is 0 Å². The van der Waals surface area contributed by atoms with Crippen LogP contribution >= 0.6 is 0 Å². The van der Waals surface area contributed by atoms with Crippen LogP contribution < -0.4 is 10.3 Å². The summed E-state index contributed by atoms with van der Waals surface area (Å²) in [5.74, 6) is 1.19. The summed E-state index contributed by atoms with van der Waals surface area (Å²) in [5, 5.41) is 0. The summed E-state index contributed by atoms with van der Waals surface area (Å²) in [6, 6.07) is 10.8.